The van der Waals surface area contributed by atoms with Gasteiger partial charge in [-0.3, -0.25) is 14.5 Å². The van der Waals surface area contributed by atoms with Crippen molar-refractivity contribution in [3.05, 3.63) is 0 Å². The monoisotopic (exact) mass is 286 g/mol. The first-order chi connectivity index (χ1) is 9.47. The summed E-state index contributed by atoms with van der Waals surface area (Å²) in [5.41, 5.74) is 0. The van der Waals surface area contributed by atoms with Gasteiger partial charge >= 0.3 is 5.97 Å². The molecule has 1 saturated heterocycles. The Labute approximate surface area is 120 Å². The van der Waals surface area contributed by atoms with Gasteiger partial charge < -0.3 is 14.7 Å². The first-order valence-corrected chi connectivity index (χ1v) is 7.22. The van der Waals surface area contributed by atoms with E-state index < -0.39 is 11.9 Å². The minimum atomic E-state index is -0.794. The number of hydrogen-bond acceptors (Lipinski definition) is 4. The molecule has 116 valence electrons. The molecule has 20 heavy (non-hydrogen) atoms. The van der Waals surface area contributed by atoms with Gasteiger partial charge in [-0.25, -0.2) is 0 Å². The van der Waals surface area contributed by atoms with Gasteiger partial charge in [-0.05, 0) is 25.9 Å². The molecule has 0 radical (unpaired) electrons. The Morgan fingerprint density at radius 1 is 1.25 bits per heavy atom. The molecule has 2 unspecified atom stereocenters. The molecule has 0 aromatic heterocycles. The topological polar surface area (TPSA) is 70.1 Å². The van der Waals surface area contributed by atoms with Crippen molar-refractivity contribution >= 4 is 11.9 Å². The first-order valence-electron chi connectivity index (χ1n) is 7.22. The van der Waals surface area contributed by atoms with Crippen molar-refractivity contribution in [3.63, 3.8) is 0 Å². The van der Waals surface area contributed by atoms with E-state index in [1.165, 1.54) is 0 Å². The third kappa shape index (κ3) is 4.76. The summed E-state index contributed by atoms with van der Waals surface area (Å²) in [6.07, 6.45) is 2.21. The highest BCUT2D eigenvalue weighted by molar-refractivity contribution is 5.75. The van der Waals surface area contributed by atoms with Crippen molar-refractivity contribution in [2.24, 2.45) is 5.92 Å². The molecule has 0 aromatic carbocycles. The number of amides is 1. The minimum Gasteiger partial charge on any atom is -0.481 e. The molecule has 2 atom stereocenters. The quantitative estimate of drug-likeness (QED) is 0.710. The summed E-state index contributed by atoms with van der Waals surface area (Å²) in [4.78, 5) is 26.5. The fourth-order valence-electron chi connectivity index (χ4n) is 2.53. The highest BCUT2D eigenvalue weighted by Crippen LogP contribution is 2.21. The van der Waals surface area contributed by atoms with Crippen LogP contribution in [0.1, 0.15) is 26.2 Å². The van der Waals surface area contributed by atoms with Crippen molar-refractivity contribution in [1.29, 1.82) is 0 Å². The second kappa shape index (κ2) is 8.21. The van der Waals surface area contributed by atoms with Crippen molar-refractivity contribution in [3.8, 4) is 0 Å². The fourth-order valence-corrected chi connectivity index (χ4v) is 2.53. The number of carbonyl (C=O) groups excluding carboxylic acids is 1. The Kier molecular flexibility index (Phi) is 6.95. The average Bonchev–Trinajstić information content (AvgIpc) is 2.86. The standard InChI is InChI=1S/C14H26N2O4/c1-4-7-16(8-5-6-13(17)15(2)3)12-10-20-9-11(12)14(18)19/h11-12H,4-10H2,1-3H3,(H,18,19). The number of carboxylic acid groups (broad SMARTS) is 1. The van der Waals surface area contributed by atoms with Crippen LogP contribution in [0.25, 0.3) is 0 Å². The molecule has 0 aliphatic carbocycles. The lowest BCUT2D eigenvalue weighted by molar-refractivity contribution is -0.143. The maximum absolute atomic E-state index is 11.6. The Morgan fingerprint density at radius 3 is 2.50 bits per heavy atom. The summed E-state index contributed by atoms with van der Waals surface area (Å²) >= 11 is 0. The fraction of sp³-hybridized carbons (Fsp3) is 0.857. The summed E-state index contributed by atoms with van der Waals surface area (Å²) in [6, 6.07) is -0.0677. The van der Waals surface area contributed by atoms with E-state index in [9.17, 15) is 14.7 Å². The van der Waals surface area contributed by atoms with Crippen LogP contribution in [0, 0.1) is 5.92 Å². The zero-order chi connectivity index (χ0) is 15.1. The van der Waals surface area contributed by atoms with E-state index in [1.807, 2.05) is 0 Å². The summed E-state index contributed by atoms with van der Waals surface area (Å²) < 4.78 is 5.33. The Bertz CT molecular complexity index is 333. The largest absolute Gasteiger partial charge is 0.481 e. The molecule has 1 N–H and O–H groups in total. The van der Waals surface area contributed by atoms with Gasteiger partial charge in [0, 0.05) is 26.6 Å². The van der Waals surface area contributed by atoms with Gasteiger partial charge in [0.05, 0.1) is 19.1 Å². The van der Waals surface area contributed by atoms with Gasteiger partial charge in [-0.2, -0.15) is 0 Å². The SMILES string of the molecule is CCCN(CCCC(=O)N(C)C)C1COCC1C(=O)O. The van der Waals surface area contributed by atoms with Crippen LogP contribution in [0.5, 0.6) is 0 Å². The molecule has 1 rings (SSSR count). The molecule has 1 aliphatic heterocycles. The number of ether oxygens (including phenoxy) is 1. The van der Waals surface area contributed by atoms with Crippen LogP contribution in [-0.2, 0) is 14.3 Å². The molecule has 0 aromatic rings. The predicted molar refractivity (Wildman–Crippen MR) is 75.5 cm³/mol. The average molecular weight is 286 g/mol. The number of rotatable bonds is 8. The molecule has 6 nitrogen and oxygen atoms in total. The molecule has 0 saturated carbocycles. The zero-order valence-electron chi connectivity index (χ0n) is 12.7. The lowest BCUT2D eigenvalue weighted by Crippen LogP contribution is -2.44. The Balaban J connectivity index is 2.51. The van der Waals surface area contributed by atoms with Crippen LogP contribution in [0.3, 0.4) is 0 Å². The highest BCUT2D eigenvalue weighted by atomic mass is 16.5. The first kappa shape index (κ1) is 16.9. The van der Waals surface area contributed by atoms with Crippen LogP contribution in [-0.4, -0.2) is 73.2 Å². The Hall–Kier alpha value is -1.14. The molecular weight excluding hydrogens is 260 g/mol. The van der Waals surface area contributed by atoms with Crippen LogP contribution in [0.2, 0.25) is 0 Å². The van der Waals surface area contributed by atoms with Crippen molar-refractivity contribution in [2.45, 2.75) is 32.2 Å². The molecule has 0 spiro atoms. The third-order valence-electron chi connectivity index (χ3n) is 3.68. The third-order valence-corrected chi connectivity index (χ3v) is 3.68. The number of carbonyl (C=O) groups is 2. The number of nitrogens with zero attached hydrogens (tertiary/aromatic N) is 2. The molecule has 1 aliphatic rings. The predicted octanol–water partition coefficient (Wildman–Crippen LogP) is 0.666. The highest BCUT2D eigenvalue weighted by Gasteiger charge is 2.37. The lowest BCUT2D eigenvalue weighted by atomic mass is 10.0. The number of hydrogen-bond donors (Lipinski definition) is 1. The normalized spacial score (nSPS) is 22.2. The van der Waals surface area contributed by atoms with Crippen molar-refractivity contribution < 1.29 is 19.4 Å². The van der Waals surface area contributed by atoms with Crippen molar-refractivity contribution in [1.82, 2.24) is 9.80 Å². The molecule has 0 bridgehead atoms. The molecule has 1 heterocycles. The van der Waals surface area contributed by atoms with Gasteiger partial charge in [-0.1, -0.05) is 6.92 Å². The molecule has 6 heteroatoms. The second-order valence-corrected chi connectivity index (χ2v) is 5.48. The number of carboxylic acids is 1. The second-order valence-electron chi connectivity index (χ2n) is 5.48. The zero-order valence-corrected chi connectivity index (χ0v) is 12.7. The van der Waals surface area contributed by atoms with Crippen molar-refractivity contribution in [2.75, 3.05) is 40.4 Å². The van der Waals surface area contributed by atoms with Crippen LogP contribution < -0.4 is 0 Å². The number of aliphatic carboxylic acids is 1. The minimum absolute atomic E-state index is 0.0677. The van der Waals surface area contributed by atoms with Crippen LogP contribution >= 0.6 is 0 Å². The summed E-state index contributed by atoms with van der Waals surface area (Å²) in [5.74, 6) is -1.14. The molecule has 1 fully saturated rings. The van der Waals surface area contributed by atoms with E-state index in [2.05, 4.69) is 11.8 Å². The van der Waals surface area contributed by atoms with E-state index in [-0.39, 0.29) is 18.6 Å². The summed E-state index contributed by atoms with van der Waals surface area (Å²) in [6.45, 7) is 4.41. The van der Waals surface area contributed by atoms with E-state index in [1.54, 1.807) is 19.0 Å². The Morgan fingerprint density at radius 2 is 1.95 bits per heavy atom. The van der Waals surface area contributed by atoms with Crippen LogP contribution in [0.4, 0.5) is 0 Å². The van der Waals surface area contributed by atoms with E-state index in [0.717, 1.165) is 25.9 Å². The van der Waals surface area contributed by atoms with Gasteiger partial charge in [0.2, 0.25) is 5.91 Å². The maximum atomic E-state index is 11.6. The maximum Gasteiger partial charge on any atom is 0.310 e. The van der Waals surface area contributed by atoms with E-state index in [4.69, 9.17) is 4.74 Å². The van der Waals surface area contributed by atoms with Gasteiger partial charge in [0.1, 0.15) is 0 Å². The van der Waals surface area contributed by atoms with E-state index in [0.29, 0.717) is 13.0 Å². The lowest BCUT2D eigenvalue weighted by Gasteiger charge is -2.30. The smallest absolute Gasteiger partial charge is 0.310 e. The van der Waals surface area contributed by atoms with Gasteiger partial charge in [-0.15, -0.1) is 0 Å². The molecular formula is C14H26N2O4. The molecule has 1 amide bonds. The summed E-state index contributed by atoms with van der Waals surface area (Å²) in [7, 11) is 3.49. The van der Waals surface area contributed by atoms with Crippen LogP contribution in [0.15, 0.2) is 0 Å². The van der Waals surface area contributed by atoms with Gasteiger partial charge in [0.25, 0.3) is 0 Å². The van der Waals surface area contributed by atoms with Gasteiger partial charge in [0.15, 0.2) is 0 Å². The van der Waals surface area contributed by atoms with E-state index >= 15 is 0 Å². The summed E-state index contributed by atoms with van der Waals surface area (Å²) in [5, 5.41) is 9.22.